The van der Waals surface area contributed by atoms with E-state index in [-0.39, 0.29) is 16.3 Å². The van der Waals surface area contributed by atoms with Crippen molar-refractivity contribution in [1.29, 1.82) is 0 Å². The zero-order valence-corrected chi connectivity index (χ0v) is 13.2. The molecule has 0 radical (unpaired) electrons. The number of carbonyl (C=O) groups is 1. The molecule has 1 aromatic rings. The van der Waals surface area contributed by atoms with E-state index in [2.05, 4.69) is 9.88 Å². The van der Waals surface area contributed by atoms with Gasteiger partial charge in [-0.05, 0) is 33.1 Å². The molecule has 0 aliphatic heterocycles. The van der Waals surface area contributed by atoms with Gasteiger partial charge in [0.2, 0.25) is 5.91 Å². The zero-order valence-electron chi connectivity index (χ0n) is 12.4. The number of hydrogen-bond donors (Lipinski definition) is 1. The lowest BCUT2D eigenvalue weighted by molar-refractivity contribution is -0.135. The Morgan fingerprint density at radius 2 is 2.10 bits per heavy atom. The van der Waals surface area contributed by atoms with E-state index in [4.69, 9.17) is 9.26 Å². The largest absolute Gasteiger partial charge is 0.385 e. The van der Waals surface area contributed by atoms with Crippen LogP contribution in [0.5, 0.6) is 0 Å². The average Bonchev–Trinajstić information content (AvgIpc) is 2.67. The Morgan fingerprint density at radius 1 is 1.43 bits per heavy atom. The van der Waals surface area contributed by atoms with Gasteiger partial charge in [-0.3, -0.25) is 4.79 Å². The molecule has 1 aliphatic carbocycles. The minimum absolute atomic E-state index is 0.0583. The number of nitrogens with zero attached hydrogens (tertiary/aromatic N) is 1. The minimum atomic E-state index is -3.96. The number of ether oxygens (including phenoxy) is 1. The lowest BCUT2D eigenvalue weighted by Crippen LogP contribution is -2.48. The Bertz CT molecular complexity index is 611. The Kier molecular flexibility index (Phi) is 4.38. The lowest BCUT2D eigenvalue weighted by Gasteiger charge is -2.39. The first-order chi connectivity index (χ1) is 9.82. The third-order valence-corrected chi connectivity index (χ3v) is 5.62. The predicted octanol–water partition coefficient (Wildman–Crippen LogP) is 1.30. The van der Waals surface area contributed by atoms with Crippen LogP contribution in [0.3, 0.4) is 0 Å². The van der Waals surface area contributed by atoms with Crippen LogP contribution in [0.25, 0.3) is 0 Å². The molecule has 0 aromatic carbocycles. The minimum Gasteiger partial charge on any atom is -0.385 e. The molecule has 0 bridgehead atoms. The highest BCUT2D eigenvalue weighted by atomic mass is 32.2. The summed E-state index contributed by atoms with van der Waals surface area (Å²) in [6, 6.07) is 0. The molecule has 1 N–H and O–H groups in total. The van der Waals surface area contributed by atoms with Crippen molar-refractivity contribution in [3.63, 3.8) is 0 Å². The van der Waals surface area contributed by atoms with Crippen molar-refractivity contribution in [3.8, 4) is 0 Å². The van der Waals surface area contributed by atoms with Gasteiger partial charge in [-0.25, -0.2) is 13.1 Å². The van der Waals surface area contributed by atoms with Crippen molar-refractivity contribution in [2.24, 2.45) is 5.41 Å². The molecule has 21 heavy (non-hydrogen) atoms. The fourth-order valence-electron chi connectivity index (χ4n) is 2.63. The first-order valence-electron chi connectivity index (χ1n) is 6.81. The van der Waals surface area contributed by atoms with Crippen LogP contribution in [0.1, 0.15) is 37.1 Å². The van der Waals surface area contributed by atoms with Crippen LogP contribution in [-0.2, 0) is 19.6 Å². The normalized spacial score (nSPS) is 17.3. The van der Waals surface area contributed by atoms with Crippen LogP contribution in [0.2, 0.25) is 0 Å². The molecule has 1 aromatic heterocycles. The smallest absolute Gasteiger partial charge is 0.269 e. The maximum atomic E-state index is 12.4. The second-order valence-electron chi connectivity index (χ2n) is 5.46. The molecule has 118 valence electrons. The molecule has 7 nitrogen and oxygen atoms in total. The highest BCUT2D eigenvalue weighted by Gasteiger charge is 2.45. The van der Waals surface area contributed by atoms with E-state index in [9.17, 15) is 13.2 Å². The summed E-state index contributed by atoms with van der Waals surface area (Å²) in [5.41, 5.74) is -0.394. The summed E-state index contributed by atoms with van der Waals surface area (Å²) in [5.74, 6) is -0.293. The van der Waals surface area contributed by atoms with E-state index in [1.807, 2.05) is 0 Å². The molecule has 1 amide bonds. The van der Waals surface area contributed by atoms with Crippen LogP contribution in [-0.4, -0.2) is 33.2 Å². The Labute approximate surface area is 124 Å². The highest BCUT2D eigenvalue weighted by Crippen LogP contribution is 2.44. The topological polar surface area (TPSA) is 98.5 Å². The number of rotatable bonds is 6. The van der Waals surface area contributed by atoms with Crippen molar-refractivity contribution >= 4 is 15.9 Å². The van der Waals surface area contributed by atoms with Gasteiger partial charge in [-0.15, -0.1) is 0 Å². The Balaban J connectivity index is 2.18. The number of amides is 1. The van der Waals surface area contributed by atoms with Crippen molar-refractivity contribution in [3.05, 3.63) is 11.5 Å². The molecule has 0 unspecified atom stereocenters. The molecule has 0 saturated heterocycles. The van der Waals surface area contributed by atoms with E-state index in [1.165, 1.54) is 13.8 Å². The highest BCUT2D eigenvalue weighted by molar-refractivity contribution is 7.90. The molecule has 0 spiro atoms. The number of sulfonamides is 1. The quantitative estimate of drug-likeness (QED) is 0.849. The van der Waals surface area contributed by atoms with Crippen molar-refractivity contribution in [2.75, 3.05) is 13.7 Å². The summed E-state index contributed by atoms with van der Waals surface area (Å²) in [4.78, 5) is 12.3. The molecule has 1 saturated carbocycles. The number of carbonyl (C=O) groups excluding carboxylic acids is 1. The van der Waals surface area contributed by atoms with Gasteiger partial charge in [0.1, 0.15) is 5.69 Å². The van der Waals surface area contributed by atoms with Crippen molar-refractivity contribution in [2.45, 2.75) is 44.4 Å². The molecular weight excluding hydrogens is 296 g/mol. The van der Waals surface area contributed by atoms with Gasteiger partial charge in [-0.2, -0.15) is 0 Å². The number of nitrogens with one attached hydrogen (secondary N) is 1. The predicted molar refractivity (Wildman–Crippen MR) is 74.1 cm³/mol. The monoisotopic (exact) mass is 316 g/mol. The maximum absolute atomic E-state index is 12.4. The zero-order chi connectivity index (χ0) is 15.7. The van der Waals surface area contributed by atoms with Crippen LogP contribution < -0.4 is 4.72 Å². The van der Waals surface area contributed by atoms with E-state index < -0.39 is 21.3 Å². The third kappa shape index (κ3) is 2.96. The van der Waals surface area contributed by atoms with E-state index in [0.29, 0.717) is 25.9 Å². The van der Waals surface area contributed by atoms with Gasteiger partial charge in [0, 0.05) is 13.7 Å². The second-order valence-corrected chi connectivity index (χ2v) is 7.08. The molecule has 1 fully saturated rings. The molecular formula is C13H20N2O5S. The van der Waals surface area contributed by atoms with Gasteiger partial charge in [0.15, 0.2) is 10.7 Å². The summed E-state index contributed by atoms with van der Waals surface area (Å²) < 4.78 is 36.7. The first kappa shape index (κ1) is 16.0. The summed E-state index contributed by atoms with van der Waals surface area (Å²) >= 11 is 0. The molecule has 0 atom stereocenters. The van der Waals surface area contributed by atoms with Gasteiger partial charge < -0.3 is 9.26 Å². The number of hydrogen-bond acceptors (Lipinski definition) is 6. The van der Waals surface area contributed by atoms with Gasteiger partial charge in [-0.1, -0.05) is 11.6 Å². The lowest BCUT2D eigenvalue weighted by atomic mass is 9.66. The molecule has 1 heterocycles. The number of aromatic nitrogens is 1. The van der Waals surface area contributed by atoms with Crippen LogP contribution in [0.4, 0.5) is 0 Å². The van der Waals surface area contributed by atoms with Crippen LogP contribution in [0, 0.1) is 19.3 Å². The van der Waals surface area contributed by atoms with Gasteiger partial charge in [0.05, 0.1) is 5.41 Å². The second kappa shape index (κ2) is 5.76. The van der Waals surface area contributed by atoms with Gasteiger partial charge in [0.25, 0.3) is 10.0 Å². The summed E-state index contributed by atoms with van der Waals surface area (Å²) in [6.45, 7) is 3.46. The standard InChI is InChI=1S/C13H20N2O5S/c1-9-11(10(2)20-14-9)21(17,18)15-12(16)13(5-4-6-13)7-8-19-3/h4-8H2,1-3H3,(H,15,16). The molecule has 1 aliphatic rings. The molecule has 8 heteroatoms. The van der Waals surface area contributed by atoms with E-state index in [0.717, 1.165) is 6.42 Å². The molecule has 2 rings (SSSR count). The first-order valence-corrected chi connectivity index (χ1v) is 8.30. The fourth-order valence-corrected chi connectivity index (χ4v) is 4.04. The number of aryl methyl sites for hydroxylation is 2. The van der Waals surface area contributed by atoms with Crippen LogP contribution in [0.15, 0.2) is 9.42 Å². The van der Waals surface area contributed by atoms with E-state index >= 15 is 0 Å². The van der Waals surface area contributed by atoms with E-state index in [1.54, 1.807) is 7.11 Å². The van der Waals surface area contributed by atoms with Crippen LogP contribution >= 0.6 is 0 Å². The summed E-state index contributed by atoms with van der Waals surface area (Å²) in [7, 11) is -2.40. The van der Waals surface area contributed by atoms with Crippen molar-refractivity contribution in [1.82, 2.24) is 9.88 Å². The summed E-state index contributed by atoms with van der Waals surface area (Å²) in [6.07, 6.45) is 2.80. The van der Waals surface area contributed by atoms with Gasteiger partial charge >= 0.3 is 0 Å². The summed E-state index contributed by atoms with van der Waals surface area (Å²) in [5, 5.41) is 3.61. The Morgan fingerprint density at radius 3 is 2.52 bits per heavy atom. The van der Waals surface area contributed by atoms with Crippen molar-refractivity contribution < 1.29 is 22.5 Å². The fraction of sp³-hybridized carbons (Fsp3) is 0.692. The third-order valence-electron chi connectivity index (χ3n) is 4.04. The maximum Gasteiger partial charge on any atom is 0.269 e. The SMILES string of the molecule is COCCC1(C(=O)NS(=O)(=O)c2c(C)noc2C)CCC1. The average molecular weight is 316 g/mol. The Hall–Kier alpha value is -1.41. The number of methoxy groups -OCH3 is 1.